The second-order valence-corrected chi connectivity index (χ2v) is 9.81. The van der Waals surface area contributed by atoms with Gasteiger partial charge in [0.05, 0.1) is 18.3 Å². The van der Waals surface area contributed by atoms with Crippen LogP contribution < -0.4 is 15.4 Å². The number of benzene rings is 2. The first kappa shape index (κ1) is 25.4. The number of methoxy groups -OCH3 is 1. The third-order valence-corrected chi connectivity index (χ3v) is 5.89. The van der Waals surface area contributed by atoms with Crippen molar-refractivity contribution in [2.45, 2.75) is 44.7 Å². The third-order valence-electron chi connectivity index (χ3n) is 4.82. The van der Waals surface area contributed by atoms with Crippen LogP contribution in [-0.4, -0.2) is 41.5 Å². The van der Waals surface area contributed by atoms with E-state index >= 15 is 0 Å². The fraction of sp³-hybridized carbons (Fsp3) is 0.346. The number of thioether (sulfide) groups is 1. The molecular weight excluding hydrogens is 450 g/mol. The Hall–Kier alpha value is -3.26. The summed E-state index contributed by atoms with van der Waals surface area (Å²) in [5.74, 6) is 1.46. The molecule has 3 aromatic rings. The highest BCUT2D eigenvalue weighted by Gasteiger charge is 2.24. The highest BCUT2D eigenvalue weighted by Crippen LogP contribution is 2.17. The fourth-order valence-electron chi connectivity index (χ4n) is 3.16. The van der Waals surface area contributed by atoms with Gasteiger partial charge in [-0.25, -0.2) is 4.79 Å². The molecular formula is C26H31N3O4S. The Morgan fingerprint density at radius 2 is 1.76 bits per heavy atom. The number of amides is 2. The SMILES string of the molecule is COc1ccc(CNC(=O)C(CSCc2ccc3ccccc3n2)NC(=O)OC(C)(C)C)cc1. The van der Waals surface area contributed by atoms with Gasteiger partial charge >= 0.3 is 6.09 Å². The molecule has 8 heteroatoms. The maximum Gasteiger partial charge on any atom is 0.408 e. The molecule has 2 N–H and O–H groups in total. The normalized spacial score (nSPS) is 12.1. The van der Waals surface area contributed by atoms with Gasteiger partial charge in [-0.15, -0.1) is 0 Å². The van der Waals surface area contributed by atoms with Crippen LogP contribution in [0.2, 0.25) is 0 Å². The molecule has 180 valence electrons. The Morgan fingerprint density at radius 1 is 1.03 bits per heavy atom. The largest absolute Gasteiger partial charge is 0.497 e. The fourth-order valence-corrected chi connectivity index (χ4v) is 4.12. The first-order valence-electron chi connectivity index (χ1n) is 11.1. The first-order valence-corrected chi connectivity index (χ1v) is 12.2. The summed E-state index contributed by atoms with van der Waals surface area (Å²) < 4.78 is 10.5. The molecule has 0 aliphatic rings. The van der Waals surface area contributed by atoms with Gasteiger partial charge in [0.1, 0.15) is 17.4 Å². The summed E-state index contributed by atoms with van der Waals surface area (Å²) in [5, 5.41) is 6.69. The van der Waals surface area contributed by atoms with Crippen LogP contribution in [0.15, 0.2) is 60.7 Å². The zero-order valence-electron chi connectivity index (χ0n) is 20.0. The molecule has 34 heavy (non-hydrogen) atoms. The van der Waals surface area contributed by atoms with E-state index in [-0.39, 0.29) is 5.91 Å². The lowest BCUT2D eigenvalue weighted by Gasteiger charge is -2.23. The summed E-state index contributed by atoms with van der Waals surface area (Å²) >= 11 is 1.53. The number of rotatable bonds is 9. The standard InChI is InChI=1S/C26H31N3O4S/c1-26(2,3)33-25(31)29-23(24(30)27-15-18-9-13-21(32-4)14-10-18)17-34-16-20-12-11-19-7-5-6-8-22(19)28-20/h5-14,23H,15-17H2,1-4H3,(H,27,30)(H,29,31). The van der Waals surface area contributed by atoms with Crippen molar-refractivity contribution in [2.24, 2.45) is 0 Å². The van der Waals surface area contributed by atoms with E-state index in [1.165, 1.54) is 11.8 Å². The average Bonchev–Trinajstić information content (AvgIpc) is 2.81. The van der Waals surface area contributed by atoms with Crippen molar-refractivity contribution in [1.82, 2.24) is 15.6 Å². The topological polar surface area (TPSA) is 89.5 Å². The van der Waals surface area contributed by atoms with Gasteiger partial charge in [0.2, 0.25) is 5.91 Å². The number of fused-ring (bicyclic) bond motifs is 1. The van der Waals surface area contributed by atoms with Crippen LogP contribution in [0.5, 0.6) is 5.75 Å². The lowest BCUT2D eigenvalue weighted by Crippen LogP contribution is -2.49. The minimum absolute atomic E-state index is 0.277. The number of carbonyl (C=O) groups excluding carboxylic acids is 2. The number of alkyl carbamates (subject to hydrolysis) is 1. The smallest absolute Gasteiger partial charge is 0.408 e. The zero-order chi connectivity index (χ0) is 24.6. The second-order valence-electron chi connectivity index (χ2n) is 8.78. The summed E-state index contributed by atoms with van der Waals surface area (Å²) in [6.07, 6.45) is -0.624. The van der Waals surface area contributed by atoms with E-state index < -0.39 is 17.7 Å². The Labute approximate surface area is 204 Å². The number of pyridine rings is 1. The summed E-state index contributed by atoms with van der Waals surface area (Å²) in [7, 11) is 1.61. The lowest BCUT2D eigenvalue weighted by atomic mass is 10.2. The lowest BCUT2D eigenvalue weighted by molar-refractivity contribution is -0.122. The molecule has 0 fully saturated rings. The van der Waals surface area contributed by atoms with Gasteiger partial charge in [-0.3, -0.25) is 9.78 Å². The number of ether oxygens (including phenoxy) is 2. The van der Waals surface area contributed by atoms with E-state index in [9.17, 15) is 9.59 Å². The van der Waals surface area contributed by atoms with Gasteiger partial charge < -0.3 is 20.1 Å². The zero-order valence-corrected chi connectivity index (χ0v) is 20.8. The van der Waals surface area contributed by atoms with E-state index in [4.69, 9.17) is 9.47 Å². The van der Waals surface area contributed by atoms with Crippen LogP contribution in [0.1, 0.15) is 32.0 Å². The molecule has 0 bridgehead atoms. The molecule has 1 atom stereocenters. The molecule has 2 amide bonds. The highest BCUT2D eigenvalue weighted by atomic mass is 32.2. The van der Waals surface area contributed by atoms with E-state index in [0.29, 0.717) is 18.1 Å². The van der Waals surface area contributed by atoms with Gasteiger partial charge in [-0.1, -0.05) is 36.4 Å². The van der Waals surface area contributed by atoms with E-state index in [1.807, 2.05) is 60.7 Å². The van der Waals surface area contributed by atoms with Crippen LogP contribution >= 0.6 is 11.8 Å². The van der Waals surface area contributed by atoms with Crippen molar-refractivity contribution in [1.29, 1.82) is 0 Å². The Bertz CT molecular complexity index is 1110. The van der Waals surface area contributed by atoms with Crippen LogP contribution in [0.3, 0.4) is 0 Å². The molecule has 0 aliphatic heterocycles. The minimum atomic E-state index is -0.751. The molecule has 7 nitrogen and oxygen atoms in total. The predicted molar refractivity (Wildman–Crippen MR) is 136 cm³/mol. The molecule has 0 aliphatic carbocycles. The van der Waals surface area contributed by atoms with Crippen LogP contribution in [0.25, 0.3) is 10.9 Å². The maximum atomic E-state index is 12.9. The highest BCUT2D eigenvalue weighted by molar-refractivity contribution is 7.98. The molecule has 1 aromatic heterocycles. The van der Waals surface area contributed by atoms with E-state index in [1.54, 1.807) is 27.9 Å². The molecule has 0 saturated carbocycles. The van der Waals surface area contributed by atoms with Crippen molar-refractivity contribution < 1.29 is 19.1 Å². The molecule has 3 rings (SSSR count). The van der Waals surface area contributed by atoms with Crippen molar-refractivity contribution in [3.8, 4) is 5.75 Å². The summed E-state index contributed by atoms with van der Waals surface area (Å²) in [6, 6.07) is 18.6. The third kappa shape index (κ3) is 7.95. The van der Waals surface area contributed by atoms with Crippen molar-refractivity contribution in [2.75, 3.05) is 12.9 Å². The quantitative estimate of drug-likeness (QED) is 0.461. The van der Waals surface area contributed by atoms with Gasteiger partial charge in [0, 0.05) is 23.4 Å². The number of nitrogens with zero attached hydrogens (tertiary/aromatic N) is 1. The van der Waals surface area contributed by atoms with Gasteiger partial charge in [-0.05, 0) is 50.6 Å². The van der Waals surface area contributed by atoms with E-state index in [2.05, 4.69) is 15.6 Å². The first-order chi connectivity index (χ1) is 16.2. The Kier molecular flexibility index (Phi) is 8.76. The van der Waals surface area contributed by atoms with Crippen molar-refractivity contribution in [3.63, 3.8) is 0 Å². The second kappa shape index (κ2) is 11.7. The van der Waals surface area contributed by atoms with E-state index in [0.717, 1.165) is 27.9 Å². The van der Waals surface area contributed by atoms with Gasteiger partial charge in [0.25, 0.3) is 0 Å². The Balaban J connectivity index is 1.61. The number of nitrogens with one attached hydrogen (secondary N) is 2. The van der Waals surface area contributed by atoms with Crippen LogP contribution in [0.4, 0.5) is 4.79 Å². The molecule has 0 radical (unpaired) electrons. The molecule has 1 unspecified atom stereocenters. The summed E-state index contributed by atoms with van der Waals surface area (Å²) in [4.78, 5) is 29.9. The Morgan fingerprint density at radius 3 is 2.47 bits per heavy atom. The number of para-hydroxylation sites is 1. The van der Waals surface area contributed by atoms with Gasteiger partial charge in [0.15, 0.2) is 0 Å². The number of hydrogen-bond donors (Lipinski definition) is 2. The molecule has 1 heterocycles. The predicted octanol–water partition coefficient (Wildman–Crippen LogP) is 4.69. The molecule has 2 aromatic carbocycles. The monoisotopic (exact) mass is 481 g/mol. The summed E-state index contributed by atoms with van der Waals surface area (Å²) in [5.41, 5.74) is 2.12. The molecule has 0 saturated heterocycles. The maximum absolute atomic E-state index is 12.9. The number of aromatic nitrogens is 1. The number of hydrogen-bond acceptors (Lipinski definition) is 6. The van der Waals surface area contributed by atoms with Crippen LogP contribution in [-0.2, 0) is 21.8 Å². The van der Waals surface area contributed by atoms with Crippen molar-refractivity contribution >= 4 is 34.7 Å². The molecule has 0 spiro atoms. The van der Waals surface area contributed by atoms with Crippen LogP contribution in [0, 0.1) is 0 Å². The van der Waals surface area contributed by atoms with Gasteiger partial charge in [-0.2, -0.15) is 11.8 Å². The minimum Gasteiger partial charge on any atom is -0.497 e. The summed E-state index contributed by atoms with van der Waals surface area (Å²) in [6.45, 7) is 5.69. The number of carbonyl (C=O) groups is 2. The average molecular weight is 482 g/mol. The van der Waals surface area contributed by atoms with Crippen molar-refractivity contribution in [3.05, 3.63) is 71.9 Å².